The first-order valence-electron chi connectivity index (χ1n) is 8.72. The van der Waals surface area contributed by atoms with Crippen LogP contribution in [0.15, 0.2) is 53.4 Å². The molecule has 5 nitrogen and oxygen atoms in total. The van der Waals surface area contributed by atoms with Crippen molar-refractivity contribution >= 4 is 35.1 Å². The molecule has 0 fully saturated rings. The molecule has 142 valence electrons. The molecule has 0 aliphatic heterocycles. The average Bonchev–Trinajstić information content (AvgIpc) is 2.67. The first-order valence-corrected chi connectivity index (χ1v) is 9.71. The minimum atomic E-state index is -0.950. The van der Waals surface area contributed by atoms with Crippen molar-refractivity contribution in [2.45, 2.75) is 38.2 Å². The van der Waals surface area contributed by atoms with Crippen molar-refractivity contribution in [2.75, 3.05) is 11.1 Å². The van der Waals surface area contributed by atoms with Crippen molar-refractivity contribution < 1.29 is 19.1 Å². The highest BCUT2D eigenvalue weighted by atomic mass is 32.2. The van der Waals surface area contributed by atoms with E-state index >= 15 is 0 Å². The molecule has 0 aliphatic rings. The molecule has 0 heterocycles. The number of amides is 1. The number of thioether (sulfide) groups is 1. The number of ketones is 1. The van der Waals surface area contributed by atoms with Gasteiger partial charge < -0.3 is 10.1 Å². The van der Waals surface area contributed by atoms with E-state index in [1.165, 1.54) is 31.2 Å². The van der Waals surface area contributed by atoms with Gasteiger partial charge in [-0.05, 0) is 50.1 Å². The Hall–Kier alpha value is -2.60. The highest BCUT2D eigenvalue weighted by Gasteiger charge is 2.21. The van der Waals surface area contributed by atoms with Crippen molar-refractivity contribution in [3.63, 3.8) is 0 Å². The fourth-order valence-corrected chi connectivity index (χ4v) is 3.13. The molecule has 0 aromatic heterocycles. The average molecular weight is 385 g/mol. The monoisotopic (exact) mass is 385 g/mol. The third kappa shape index (κ3) is 6.25. The molecule has 1 N–H and O–H groups in total. The Labute approximate surface area is 163 Å². The molecule has 0 bridgehead atoms. The zero-order chi connectivity index (χ0) is 19.8. The highest BCUT2D eigenvalue weighted by Crippen LogP contribution is 2.24. The van der Waals surface area contributed by atoms with Crippen LogP contribution in [0, 0.1) is 0 Å². The minimum Gasteiger partial charge on any atom is -0.449 e. The lowest BCUT2D eigenvalue weighted by Gasteiger charge is -2.15. The van der Waals surface area contributed by atoms with Crippen LogP contribution >= 0.6 is 11.8 Å². The first-order chi connectivity index (χ1) is 12.9. The molecule has 2 rings (SSSR count). The zero-order valence-corrected chi connectivity index (χ0v) is 16.5. The summed E-state index contributed by atoms with van der Waals surface area (Å²) in [5.41, 5.74) is 2.17. The summed E-state index contributed by atoms with van der Waals surface area (Å²) >= 11 is 1.27. The number of benzene rings is 2. The van der Waals surface area contributed by atoms with Gasteiger partial charge in [0.1, 0.15) is 5.78 Å². The molecule has 0 saturated carbocycles. The second-order valence-corrected chi connectivity index (χ2v) is 7.09. The Morgan fingerprint density at radius 1 is 1.07 bits per heavy atom. The molecule has 0 spiro atoms. The van der Waals surface area contributed by atoms with Crippen molar-refractivity contribution in [1.82, 2.24) is 0 Å². The van der Waals surface area contributed by atoms with Gasteiger partial charge in [-0.3, -0.25) is 9.59 Å². The van der Waals surface area contributed by atoms with Crippen molar-refractivity contribution in [2.24, 2.45) is 0 Å². The summed E-state index contributed by atoms with van der Waals surface area (Å²) in [5, 5.41) is 2.74. The predicted octanol–water partition coefficient (Wildman–Crippen LogP) is 4.11. The SMILES string of the molecule is CCc1ccc(NC(=O)[C@H](C)OC(=O)c2ccccc2SCC(C)=O)cc1. The van der Waals surface area contributed by atoms with E-state index < -0.39 is 18.0 Å². The van der Waals surface area contributed by atoms with Crippen LogP contribution in [-0.2, 0) is 20.7 Å². The number of carbonyl (C=O) groups excluding carboxylic acids is 3. The maximum Gasteiger partial charge on any atom is 0.340 e. The van der Waals surface area contributed by atoms with Gasteiger partial charge in [0.15, 0.2) is 6.10 Å². The lowest BCUT2D eigenvalue weighted by Crippen LogP contribution is -2.30. The summed E-state index contributed by atoms with van der Waals surface area (Å²) in [4.78, 5) is 36.6. The summed E-state index contributed by atoms with van der Waals surface area (Å²) in [7, 11) is 0. The number of anilines is 1. The molecule has 0 saturated heterocycles. The standard InChI is InChI=1S/C21H23NO4S/c1-4-16-9-11-17(12-10-16)22-20(24)15(3)26-21(25)18-7-5-6-8-19(18)27-13-14(2)23/h5-12,15H,4,13H2,1-3H3,(H,22,24)/t15-/m0/s1. The number of esters is 1. The van der Waals surface area contributed by atoms with E-state index in [2.05, 4.69) is 12.2 Å². The first kappa shape index (κ1) is 20.7. The van der Waals surface area contributed by atoms with Gasteiger partial charge in [-0.2, -0.15) is 0 Å². The van der Waals surface area contributed by atoms with Crippen molar-refractivity contribution in [3.8, 4) is 0 Å². The summed E-state index contributed by atoms with van der Waals surface area (Å²) in [6.07, 6.45) is -0.0299. The lowest BCUT2D eigenvalue weighted by atomic mass is 10.1. The number of aryl methyl sites for hydroxylation is 1. The Morgan fingerprint density at radius 3 is 2.37 bits per heavy atom. The van der Waals surface area contributed by atoms with E-state index in [0.29, 0.717) is 16.1 Å². The molecule has 1 atom stereocenters. The summed E-state index contributed by atoms with van der Waals surface area (Å²) in [6.45, 7) is 5.08. The fraction of sp³-hybridized carbons (Fsp3) is 0.286. The number of hydrogen-bond donors (Lipinski definition) is 1. The molecule has 0 unspecified atom stereocenters. The summed E-state index contributed by atoms with van der Waals surface area (Å²) in [6, 6.07) is 14.4. The van der Waals surface area contributed by atoms with Crippen molar-refractivity contribution in [3.05, 3.63) is 59.7 Å². The third-order valence-corrected chi connectivity index (χ3v) is 5.04. The van der Waals surface area contributed by atoms with Gasteiger partial charge in [-0.25, -0.2) is 4.79 Å². The van der Waals surface area contributed by atoms with Gasteiger partial charge in [0.05, 0.1) is 11.3 Å². The van der Waals surface area contributed by atoms with Gasteiger partial charge in [-0.15, -0.1) is 11.8 Å². The number of rotatable bonds is 8. The number of carbonyl (C=O) groups is 3. The van der Waals surface area contributed by atoms with E-state index in [1.54, 1.807) is 24.3 Å². The van der Waals surface area contributed by atoms with Crippen LogP contribution in [0.1, 0.15) is 36.7 Å². The minimum absolute atomic E-state index is 0.0185. The molecule has 1 amide bonds. The quantitative estimate of drug-likeness (QED) is 0.547. The maximum absolute atomic E-state index is 12.5. The number of ether oxygens (including phenoxy) is 1. The molecule has 6 heteroatoms. The smallest absolute Gasteiger partial charge is 0.340 e. The van der Waals surface area contributed by atoms with E-state index in [9.17, 15) is 14.4 Å². The predicted molar refractivity (Wildman–Crippen MR) is 107 cm³/mol. The number of nitrogens with one attached hydrogen (secondary N) is 1. The van der Waals surface area contributed by atoms with Crippen LogP contribution in [-0.4, -0.2) is 29.5 Å². The molecular weight excluding hydrogens is 362 g/mol. The largest absolute Gasteiger partial charge is 0.449 e. The Morgan fingerprint density at radius 2 is 1.74 bits per heavy atom. The van der Waals surface area contributed by atoms with Gasteiger partial charge in [0.2, 0.25) is 0 Å². The fourth-order valence-electron chi connectivity index (χ4n) is 2.29. The molecule has 0 radical (unpaired) electrons. The van der Waals surface area contributed by atoms with Gasteiger partial charge in [0.25, 0.3) is 5.91 Å². The van der Waals surface area contributed by atoms with Gasteiger partial charge in [-0.1, -0.05) is 31.2 Å². The van der Waals surface area contributed by atoms with Gasteiger partial charge in [0, 0.05) is 10.6 Å². The molecule has 0 aliphatic carbocycles. The van der Waals surface area contributed by atoms with Crippen LogP contribution in [0.5, 0.6) is 0 Å². The van der Waals surface area contributed by atoms with E-state index in [4.69, 9.17) is 4.74 Å². The Kier molecular flexibility index (Phi) is 7.61. The van der Waals surface area contributed by atoms with Crippen LogP contribution in [0.2, 0.25) is 0 Å². The second kappa shape index (κ2) is 9.92. The van der Waals surface area contributed by atoms with Crippen LogP contribution in [0.25, 0.3) is 0 Å². The topological polar surface area (TPSA) is 72.5 Å². The summed E-state index contributed by atoms with van der Waals surface area (Å²) in [5.74, 6) is -0.703. The second-order valence-electron chi connectivity index (χ2n) is 6.07. The van der Waals surface area contributed by atoms with Crippen LogP contribution in [0.4, 0.5) is 5.69 Å². The van der Waals surface area contributed by atoms with E-state index in [1.807, 2.05) is 24.3 Å². The van der Waals surface area contributed by atoms with E-state index in [-0.39, 0.29) is 11.5 Å². The van der Waals surface area contributed by atoms with Gasteiger partial charge >= 0.3 is 5.97 Å². The van der Waals surface area contributed by atoms with Crippen LogP contribution in [0.3, 0.4) is 0 Å². The molecule has 2 aromatic carbocycles. The molecule has 2 aromatic rings. The van der Waals surface area contributed by atoms with Crippen LogP contribution < -0.4 is 5.32 Å². The Bertz CT molecular complexity index is 817. The Balaban J connectivity index is 1.99. The normalized spacial score (nSPS) is 11.5. The lowest BCUT2D eigenvalue weighted by molar-refractivity contribution is -0.123. The third-order valence-electron chi connectivity index (χ3n) is 3.82. The molecular formula is C21H23NO4S. The van der Waals surface area contributed by atoms with Crippen molar-refractivity contribution in [1.29, 1.82) is 0 Å². The maximum atomic E-state index is 12.5. The number of hydrogen-bond acceptors (Lipinski definition) is 5. The summed E-state index contributed by atoms with van der Waals surface area (Å²) < 4.78 is 5.31. The highest BCUT2D eigenvalue weighted by molar-refractivity contribution is 8.00. The number of Topliss-reactive ketones (excluding diaryl/α,β-unsaturated/α-hetero) is 1. The van der Waals surface area contributed by atoms with E-state index in [0.717, 1.165) is 6.42 Å². The zero-order valence-electron chi connectivity index (χ0n) is 15.7. The molecule has 27 heavy (non-hydrogen) atoms.